The number of hydrogen-bond acceptors (Lipinski definition) is 4. The zero-order valence-electron chi connectivity index (χ0n) is 21.3. The topological polar surface area (TPSA) is 88.0 Å². The molecule has 0 spiro atoms. The molecule has 0 radical (unpaired) electrons. The Kier molecular flexibility index (Phi) is 6.36. The standard InChI is InChI=1S/C30H29N5O2/c1-18-10-13-22(14-11-18)27-26(30(37)34-25-15-12-19(2)16-20(25)3)21(4)32-28-24(17-31-35(27)28)29(36)33-23-8-6-5-7-9-23/h5-17,27,32H,1-4H3,(H,33,36)(H,34,37)/t27-/m0/s1. The molecule has 1 aromatic heterocycles. The first-order valence-corrected chi connectivity index (χ1v) is 12.2. The second-order valence-corrected chi connectivity index (χ2v) is 9.42. The summed E-state index contributed by atoms with van der Waals surface area (Å²) < 4.78 is 1.72. The van der Waals surface area contributed by atoms with Gasteiger partial charge in [-0.05, 0) is 57.0 Å². The summed E-state index contributed by atoms with van der Waals surface area (Å²) in [7, 11) is 0. The first-order chi connectivity index (χ1) is 17.8. The van der Waals surface area contributed by atoms with E-state index in [0.717, 1.165) is 27.9 Å². The second-order valence-electron chi connectivity index (χ2n) is 9.42. The minimum Gasteiger partial charge on any atom is -0.343 e. The largest absolute Gasteiger partial charge is 0.343 e. The maximum atomic E-state index is 13.7. The van der Waals surface area contributed by atoms with Gasteiger partial charge >= 0.3 is 0 Å². The van der Waals surface area contributed by atoms with Crippen LogP contribution in [-0.4, -0.2) is 21.6 Å². The Balaban J connectivity index is 1.55. The second kappa shape index (κ2) is 9.78. The van der Waals surface area contributed by atoms with Crippen LogP contribution in [0.2, 0.25) is 0 Å². The predicted octanol–water partition coefficient (Wildman–Crippen LogP) is 5.99. The molecule has 37 heavy (non-hydrogen) atoms. The number of carbonyl (C=O) groups is 2. The van der Waals surface area contributed by atoms with Gasteiger partial charge in [0.15, 0.2) is 0 Å². The molecule has 0 saturated heterocycles. The Hall–Kier alpha value is -4.65. The smallest absolute Gasteiger partial charge is 0.261 e. The molecule has 0 bridgehead atoms. The Bertz CT molecular complexity index is 1520. The number of rotatable bonds is 5. The highest BCUT2D eigenvalue weighted by Crippen LogP contribution is 2.38. The lowest BCUT2D eigenvalue weighted by Gasteiger charge is -2.30. The number of anilines is 3. The molecule has 0 fully saturated rings. The van der Waals surface area contributed by atoms with Crippen molar-refractivity contribution in [2.75, 3.05) is 16.0 Å². The summed E-state index contributed by atoms with van der Waals surface area (Å²) in [4.78, 5) is 26.9. The lowest BCUT2D eigenvalue weighted by Crippen LogP contribution is -2.32. The Morgan fingerprint density at radius 1 is 0.838 bits per heavy atom. The molecule has 1 aliphatic heterocycles. The molecule has 2 heterocycles. The number of nitrogens with zero attached hydrogens (tertiary/aromatic N) is 2. The van der Waals surface area contributed by atoms with E-state index in [9.17, 15) is 9.59 Å². The Morgan fingerprint density at radius 2 is 1.54 bits per heavy atom. The van der Waals surface area contributed by atoms with E-state index in [2.05, 4.69) is 21.0 Å². The molecule has 1 aliphatic rings. The number of amides is 2. The average molecular weight is 492 g/mol. The predicted molar refractivity (Wildman–Crippen MR) is 147 cm³/mol. The highest BCUT2D eigenvalue weighted by Gasteiger charge is 2.35. The van der Waals surface area contributed by atoms with Gasteiger partial charge in [0, 0.05) is 17.1 Å². The van der Waals surface area contributed by atoms with Gasteiger partial charge in [0.1, 0.15) is 17.4 Å². The SMILES string of the molecule is CC1=C(C(=O)Nc2ccc(C)cc2C)[C@H](c2ccc(C)cc2)n2ncc(C(=O)Nc3ccccc3)c2N1. The van der Waals surface area contributed by atoms with Crippen molar-refractivity contribution >= 4 is 29.0 Å². The van der Waals surface area contributed by atoms with Crippen molar-refractivity contribution < 1.29 is 9.59 Å². The lowest BCUT2D eigenvalue weighted by molar-refractivity contribution is -0.113. The fourth-order valence-electron chi connectivity index (χ4n) is 4.64. The molecule has 5 rings (SSSR count). The molecule has 0 unspecified atom stereocenters. The molecule has 2 amide bonds. The third-order valence-corrected chi connectivity index (χ3v) is 6.57. The molecule has 7 nitrogen and oxygen atoms in total. The lowest BCUT2D eigenvalue weighted by atomic mass is 9.93. The average Bonchev–Trinajstić information content (AvgIpc) is 3.29. The fourth-order valence-corrected chi connectivity index (χ4v) is 4.64. The van der Waals surface area contributed by atoms with Crippen molar-refractivity contribution in [3.8, 4) is 0 Å². The maximum Gasteiger partial charge on any atom is 0.261 e. The molecule has 1 atom stereocenters. The molecular weight excluding hydrogens is 462 g/mol. The van der Waals surface area contributed by atoms with Crippen LogP contribution in [-0.2, 0) is 4.79 Å². The molecule has 0 aliphatic carbocycles. The van der Waals surface area contributed by atoms with Crippen molar-refractivity contribution in [2.45, 2.75) is 33.7 Å². The maximum absolute atomic E-state index is 13.7. The molecule has 4 aromatic rings. The van der Waals surface area contributed by atoms with Crippen LogP contribution < -0.4 is 16.0 Å². The van der Waals surface area contributed by atoms with E-state index < -0.39 is 6.04 Å². The molecule has 3 aromatic carbocycles. The summed E-state index contributed by atoms with van der Waals surface area (Å²) >= 11 is 0. The number of aromatic nitrogens is 2. The van der Waals surface area contributed by atoms with Crippen molar-refractivity contribution in [3.05, 3.63) is 118 Å². The summed E-state index contributed by atoms with van der Waals surface area (Å²) in [6, 6.07) is 22.7. The summed E-state index contributed by atoms with van der Waals surface area (Å²) in [6.45, 7) is 7.87. The van der Waals surface area contributed by atoms with Gasteiger partial charge in [-0.1, -0.05) is 65.7 Å². The van der Waals surface area contributed by atoms with Crippen molar-refractivity contribution in [1.82, 2.24) is 9.78 Å². The number of aryl methyl sites for hydroxylation is 3. The molecule has 186 valence electrons. The first-order valence-electron chi connectivity index (χ1n) is 12.2. The number of para-hydroxylation sites is 1. The highest BCUT2D eigenvalue weighted by molar-refractivity contribution is 6.09. The van der Waals surface area contributed by atoms with Crippen LogP contribution in [0.4, 0.5) is 17.2 Å². The Morgan fingerprint density at radius 3 is 2.24 bits per heavy atom. The highest BCUT2D eigenvalue weighted by atomic mass is 16.2. The van der Waals surface area contributed by atoms with Crippen LogP contribution in [0.1, 0.15) is 45.6 Å². The summed E-state index contributed by atoms with van der Waals surface area (Å²) in [5.41, 5.74) is 7.18. The van der Waals surface area contributed by atoms with E-state index in [0.29, 0.717) is 28.3 Å². The van der Waals surface area contributed by atoms with Gasteiger partial charge in [-0.15, -0.1) is 0 Å². The number of hydrogen-bond donors (Lipinski definition) is 3. The third kappa shape index (κ3) is 4.76. The molecule has 7 heteroatoms. The van der Waals surface area contributed by atoms with Gasteiger partial charge in [0.25, 0.3) is 11.8 Å². The van der Waals surface area contributed by atoms with E-state index in [4.69, 9.17) is 0 Å². The molecule has 0 saturated carbocycles. The number of fused-ring (bicyclic) bond motifs is 1. The zero-order chi connectivity index (χ0) is 26.1. The molecule has 3 N–H and O–H groups in total. The van der Waals surface area contributed by atoms with Gasteiger partial charge in [-0.2, -0.15) is 5.10 Å². The monoisotopic (exact) mass is 491 g/mol. The van der Waals surface area contributed by atoms with Crippen LogP contribution >= 0.6 is 0 Å². The summed E-state index contributed by atoms with van der Waals surface area (Å²) in [5, 5.41) is 13.9. The van der Waals surface area contributed by atoms with Crippen LogP contribution in [0.3, 0.4) is 0 Å². The van der Waals surface area contributed by atoms with Crippen molar-refractivity contribution in [3.63, 3.8) is 0 Å². The van der Waals surface area contributed by atoms with Crippen molar-refractivity contribution in [2.24, 2.45) is 0 Å². The van der Waals surface area contributed by atoms with Crippen LogP contribution in [0.15, 0.2) is 90.3 Å². The van der Waals surface area contributed by atoms with Crippen LogP contribution in [0.5, 0.6) is 0 Å². The minimum absolute atomic E-state index is 0.223. The van der Waals surface area contributed by atoms with E-state index in [1.807, 2.05) is 100 Å². The quantitative estimate of drug-likeness (QED) is 0.320. The van der Waals surface area contributed by atoms with Crippen molar-refractivity contribution in [1.29, 1.82) is 0 Å². The number of benzene rings is 3. The minimum atomic E-state index is -0.513. The third-order valence-electron chi connectivity index (χ3n) is 6.57. The summed E-state index contributed by atoms with van der Waals surface area (Å²) in [5.74, 6) is 0.0390. The normalized spacial score (nSPS) is 14.5. The van der Waals surface area contributed by atoms with Gasteiger partial charge in [-0.3, -0.25) is 9.59 Å². The van der Waals surface area contributed by atoms with Gasteiger partial charge in [0.2, 0.25) is 0 Å². The Labute approximate surface area is 216 Å². The van der Waals surface area contributed by atoms with E-state index in [-0.39, 0.29) is 11.8 Å². The first kappa shape index (κ1) is 24.1. The van der Waals surface area contributed by atoms with Crippen LogP contribution in [0, 0.1) is 20.8 Å². The fraction of sp³-hybridized carbons (Fsp3) is 0.167. The van der Waals surface area contributed by atoms with E-state index in [1.54, 1.807) is 10.9 Å². The van der Waals surface area contributed by atoms with Gasteiger partial charge < -0.3 is 16.0 Å². The zero-order valence-corrected chi connectivity index (χ0v) is 21.3. The van der Waals surface area contributed by atoms with Gasteiger partial charge in [-0.25, -0.2) is 4.68 Å². The van der Waals surface area contributed by atoms with E-state index in [1.165, 1.54) is 0 Å². The van der Waals surface area contributed by atoms with Crippen LogP contribution in [0.25, 0.3) is 0 Å². The summed E-state index contributed by atoms with van der Waals surface area (Å²) in [6.07, 6.45) is 1.54. The number of carbonyl (C=O) groups excluding carboxylic acids is 2. The number of nitrogens with one attached hydrogen (secondary N) is 3. The van der Waals surface area contributed by atoms with Gasteiger partial charge in [0.05, 0.1) is 11.8 Å². The van der Waals surface area contributed by atoms with E-state index >= 15 is 0 Å². The number of allylic oxidation sites excluding steroid dienone is 1. The molecular formula is C30H29N5O2.